The van der Waals surface area contributed by atoms with Crippen molar-refractivity contribution in [3.05, 3.63) is 30.5 Å². The van der Waals surface area contributed by atoms with Crippen LogP contribution in [0.15, 0.2) is 35.6 Å². The van der Waals surface area contributed by atoms with Crippen molar-refractivity contribution in [1.82, 2.24) is 24.6 Å². The van der Waals surface area contributed by atoms with E-state index >= 15 is 0 Å². The first kappa shape index (κ1) is 19.0. The third-order valence-corrected chi connectivity index (χ3v) is 6.11. The fourth-order valence-electron chi connectivity index (χ4n) is 3.58. The van der Waals surface area contributed by atoms with Gasteiger partial charge in [0.1, 0.15) is 0 Å². The van der Waals surface area contributed by atoms with Gasteiger partial charge in [0, 0.05) is 49.4 Å². The molecule has 1 aliphatic rings. The summed E-state index contributed by atoms with van der Waals surface area (Å²) >= 11 is 1.40. The Bertz CT molecular complexity index is 974. The van der Waals surface area contributed by atoms with Gasteiger partial charge < -0.3 is 19.2 Å². The van der Waals surface area contributed by atoms with Crippen LogP contribution in [0.5, 0.6) is 0 Å². The van der Waals surface area contributed by atoms with Crippen LogP contribution < -0.4 is 5.32 Å². The minimum atomic E-state index is -0.00682. The summed E-state index contributed by atoms with van der Waals surface area (Å²) < 4.78 is 9.71. The van der Waals surface area contributed by atoms with Crippen molar-refractivity contribution in [3.63, 3.8) is 0 Å². The lowest BCUT2D eigenvalue weighted by Gasteiger charge is -2.10. The van der Waals surface area contributed by atoms with Crippen molar-refractivity contribution in [2.75, 3.05) is 18.9 Å². The number of aromatic nitrogens is 4. The molecular formula is C20H25N5O2S. The second-order valence-electron chi connectivity index (χ2n) is 6.94. The van der Waals surface area contributed by atoms with Crippen LogP contribution >= 0.6 is 11.8 Å². The average Bonchev–Trinajstić information content (AvgIpc) is 3.44. The quantitative estimate of drug-likeness (QED) is 0.619. The number of aryl methyl sites for hydroxylation is 1. The Hall–Kier alpha value is -2.32. The molecule has 0 bridgehead atoms. The molecule has 0 radical (unpaired) electrons. The predicted molar refractivity (Wildman–Crippen MR) is 110 cm³/mol. The zero-order valence-corrected chi connectivity index (χ0v) is 17.0. The number of para-hydroxylation sites is 1. The lowest BCUT2D eigenvalue weighted by Crippen LogP contribution is -2.32. The van der Waals surface area contributed by atoms with Gasteiger partial charge in [-0.25, -0.2) is 0 Å². The molecule has 2 aromatic heterocycles. The molecule has 0 aliphatic carbocycles. The lowest BCUT2D eigenvalue weighted by molar-refractivity contribution is -0.119. The maximum Gasteiger partial charge on any atom is 0.230 e. The molecule has 1 N–H and O–H groups in total. The van der Waals surface area contributed by atoms with Crippen LogP contribution in [0.4, 0.5) is 0 Å². The number of ether oxygens (including phenoxy) is 1. The van der Waals surface area contributed by atoms with E-state index in [-0.39, 0.29) is 12.0 Å². The van der Waals surface area contributed by atoms with Gasteiger partial charge in [-0.05, 0) is 25.8 Å². The number of fused-ring (bicyclic) bond motifs is 1. The SMILES string of the molecule is CCn1cc(-c2nnc(SCC(=O)NCC3CCCO3)n2C)c2ccccc21. The van der Waals surface area contributed by atoms with Crippen molar-refractivity contribution >= 4 is 28.6 Å². The summed E-state index contributed by atoms with van der Waals surface area (Å²) in [4.78, 5) is 12.1. The molecule has 1 atom stereocenters. The number of thioether (sulfide) groups is 1. The number of nitrogens with zero attached hydrogens (tertiary/aromatic N) is 4. The first-order chi connectivity index (χ1) is 13.7. The summed E-state index contributed by atoms with van der Waals surface area (Å²) in [6.45, 7) is 4.40. The van der Waals surface area contributed by atoms with Gasteiger partial charge >= 0.3 is 0 Å². The number of carbonyl (C=O) groups excluding carboxylic acids is 1. The highest BCUT2D eigenvalue weighted by molar-refractivity contribution is 7.99. The van der Waals surface area contributed by atoms with Crippen LogP contribution in [0, 0.1) is 0 Å². The summed E-state index contributed by atoms with van der Waals surface area (Å²) in [5.74, 6) is 1.12. The van der Waals surface area contributed by atoms with E-state index in [4.69, 9.17) is 4.74 Å². The van der Waals surface area contributed by atoms with Gasteiger partial charge in [0.05, 0.1) is 11.9 Å². The van der Waals surface area contributed by atoms with E-state index in [9.17, 15) is 4.79 Å². The van der Waals surface area contributed by atoms with E-state index in [1.165, 1.54) is 17.3 Å². The first-order valence-electron chi connectivity index (χ1n) is 9.66. The number of nitrogens with one attached hydrogen (secondary N) is 1. The minimum Gasteiger partial charge on any atom is -0.376 e. The van der Waals surface area contributed by atoms with Crippen LogP contribution in [0.1, 0.15) is 19.8 Å². The van der Waals surface area contributed by atoms with Gasteiger partial charge in [0.25, 0.3) is 0 Å². The van der Waals surface area contributed by atoms with Crippen LogP contribution in [-0.2, 0) is 23.1 Å². The number of carbonyl (C=O) groups is 1. The molecule has 1 unspecified atom stereocenters. The summed E-state index contributed by atoms with van der Waals surface area (Å²) in [5, 5.41) is 13.5. The third-order valence-electron chi connectivity index (χ3n) is 5.09. The molecule has 1 fully saturated rings. The van der Waals surface area contributed by atoms with Gasteiger partial charge in [-0.2, -0.15) is 0 Å². The van der Waals surface area contributed by atoms with Gasteiger partial charge in [-0.1, -0.05) is 30.0 Å². The third kappa shape index (κ3) is 3.79. The van der Waals surface area contributed by atoms with Crippen molar-refractivity contribution in [1.29, 1.82) is 0 Å². The molecule has 1 aromatic carbocycles. The van der Waals surface area contributed by atoms with E-state index in [1.807, 2.05) is 23.7 Å². The average molecular weight is 400 g/mol. The van der Waals surface area contributed by atoms with E-state index in [1.54, 1.807) is 0 Å². The van der Waals surface area contributed by atoms with E-state index < -0.39 is 0 Å². The number of hydrogen-bond donors (Lipinski definition) is 1. The molecule has 0 saturated carbocycles. The lowest BCUT2D eigenvalue weighted by atomic mass is 10.1. The summed E-state index contributed by atoms with van der Waals surface area (Å²) in [5.41, 5.74) is 2.24. The molecule has 3 aromatic rings. The minimum absolute atomic E-state index is 0.00682. The topological polar surface area (TPSA) is 74.0 Å². The van der Waals surface area contributed by atoms with Crippen LogP contribution in [-0.4, -0.2) is 50.2 Å². The second kappa shape index (κ2) is 8.36. The van der Waals surface area contributed by atoms with Gasteiger partial charge in [-0.15, -0.1) is 10.2 Å². The van der Waals surface area contributed by atoms with Crippen LogP contribution in [0.3, 0.4) is 0 Å². The maximum atomic E-state index is 12.1. The summed E-state index contributed by atoms with van der Waals surface area (Å²) in [6.07, 6.45) is 4.38. The molecule has 4 rings (SSSR count). The van der Waals surface area contributed by atoms with Crippen molar-refractivity contribution in [3.8, 4) is 11.4 Å². The smallest absolute Gasteiger partial charge is 0.230 e. The fraction of sp³-hybridized carbons (Fsp3) is 0.450. The fourth-order valence-corrected chi connectivity index (χ4v) is 4.32. The molecule has 1 aliphatic heterocycles. The van der Waals surface area contributed by atoms with Crippen molar-refractivity contribution < 1.29 is 9.53 Å². The Kier molecular flexibility index (Phi) is 5.68. The van der Waals surface area contributed by atoms with E-state index in [0.717, 1.165) is 47.9 Å². The number of rotatable bonds is 7. The monoisotopic (exact) mass is 399 g/mol. The Balaban J connectivity index is 1.45. The predicted octanol–water partition coefficient (Wildman–Crippen LogP) is 2.84. The maximum absolute atomic E-state index is 12.1. The number of hydrogen-bond acceptors (Lipinski definition) is 5. The highest BCUT2D eigenvalue weighted by Crippen LogP contribution is 2.31. The summed E-state index contributed by atoms with van der Waals surface area (Å²) in [7, 11) is 1.94. The zero-order chi connectivity index (χ0) is 19.5. The highest BCUT2D eigenvalue weighted by Gasteiger charge is 2.19. The van der Waals surface area contributed by atoms with Crippen molar-refractivity contribution in [2.24, 2.45) is 7.05 Å². The number of benzene rings is 1. The first-order valence-corrected chi connectivity index (χ1v) is 10.6. The molecule has 148 valence electrons. The molecular weight excluding hydrogens is 374 g/mol. The van der Waals surface area contributed by atoms with Gasteiger partial charge in [-0.3, -0.25) is 4.79 Å². The molecule has 8 heteroatoms. The molecule has 28 heavy (non-hydrogen) atoms. The Morgan fingerprint density at radius 2 is 2.21 bits per heavy atom. The molecule has 0 spiro atoms. The van der Waals surface area contributed by atoms with Crippen LogP contribution in [0.2, 0.25) is 0 Å². The van der Waals surface area contributed by atoms with Crippen LogP contribution in [0.25, 0.3) is 22.3 Å². The van der Waals surface area contributed by atoms with E-state index in [2.05, 4.69) is 45.3 Å². The standard InChI is InChI=1S/C20H25N5O2S/c1-3-25-12-16(15-8-4-5-9-17(15)25)19-22-23-20(24(19)2)28-13-18(26)21-11-14-7-6-10-27-14/h4-5,8-9,12,14H,3,6-7,10-11,13H2,1-2H3,(H,21,26). The highest BCUT2D eigenvalue weighted by atomic mass is 32.2. The number of amides is 1. The Morgan fingerprint density at radius 3 is 3.00 bits per heavy atom. The Morgan fingerprint density at radius 1 is 1.36 bits per heavy atom. The molecule has 1 amide bonds. The molecule has 3 heterocycles. The zero-order valence-electron chi connectivity index (χ0n) is 16.2. The van der Waals surface area contributed by atoms with E-state index in [0.29, 0.717) is 12.3 Å². The van der Waals surface area contributed by atoms with Gasteiger partial charge in [0.2, 0.25) is 5.91 Å². The molecule has 1 saturated heterocycles. The largest absolute Gasteiger partial charge is 0.376 e. The van der Waals surface area contributed by atoms with Gasteiger partial charge in [0.15, 0.2) is 11.0 Å². The normalized spacial score (nSPS) is 16.7. The second-order valence-corrected chi connectivity index (χ2v) is 7.88. The summed E-state index contributed by atoms with van der Waals surface area (Å²) in [6, 6.07) is 8.31. The van der Waals surface area contributed by atoms with Crippen molar-refractivity contribution in [2.45, 2.75) is 37.6 Å². The Labute approximate surface area is 168 Å². The molecule has 7 nitrogen and oxygen atoms in total.